The van der Waals surface area contributed by atoms with E-state index in [1.807, 2.05) is 48.7 Å². The number of hydrogen-bond donors (Lipinski definition) is 3. The molecule has 0 amide bonds. The van der Waals surface area contributed by atoms with Gasteiger partial charge < -0.3 is 10.2 Å². The second-order valence-electron chi connectivity index (χ2n) is 7.03. The van der Waals surface area contributed by atoms with Crippen LogP contribution in [0, 0.1) is 6.92 Å². The van der Waals surface area contributed by atoms with E-state index in [4.69, 9.17) is 16.7 Å². The zero-order valence-electron chi connectivity index (χ0n) is 15.8. The van der Waals surface area contributed by atoms with Crippen molar-refractivity contribution in [2.24, 2.45) is 0 Å². The highest BCUT2D eigenvalue weighted by atomic mass is 35.5. The van der Waals surface area contributed by atoms with Gasteiger partial charge in [0.25, 0.3) is 0 Å². The van der Waals surface area contributed by atoms with Gasteiger partial charge in [-0.1, -0.05) is 53.7 Å². The molecule has 0 saturated carbocycles. The minimum absolute atomic E-state index is 0.330. The number of halogens is 1. The van der Waals surface area contributed by atoms with Crippen LogP contribution < -0.4 is 5.32 Å². The first-order chi connectivity index (χ1) is 13.2. The molecule has 148 valence electrons. The topological polar surface area (TPSA) is 87.4 Å². The van der Waals surface area contributed by atoms with Crippen LogP contribution in [-0.2, 0) is 4.79 Å². The highest BCUT2D eigenvalue weighted by Gasteiger charge is 2.32. The first-order valence-corrected chi connectivity index (χ1v) is 9.94. The van der Waals surface area contributed by atoms with Crippen molar-refractivity contribution in [3.8, 4) is 5.69 Å². The summed E-state index contributed by atoms with van der Waals surface area (Å²) < 4.78 is 1.10. The van der Waals surface area contributed by atoms with Crippen LogP contribution in [0.5, 0.6) is 0 Å². The van der Waals surface area contributed by atoms with Gasteiger partial charge in [-0.25, -0.2) is 4.98 Å². The molecule has 8 heteroatoms. The number of aliphatic hydroxyl groups is 1. The molecule has 1 unspecified atom stereocenters. The molecule has 2 aromatic carbocycles. The van der Waals surface area contributed by atoms with Crippen molar-refractivity contribution in [3.05, 3.63) is 53.3 Å². The highest BCUT2D eigenvalue weighted by molar-refractivity contribution is 8.00. The van der Waals surface area contributed by atoms with Crippen molar-refractivity contribution in [1.29, 1.82) is 0 Å². The lowest BCUT2D eigenvalue weighted by Crippen LogP contribution is -2.46. The first-order valence-electron chi connectivity index (χ1n) is 8.75. The lowest BCUT2D eigenvalue weighted by molar-refractivity contribution is -0.136. The van der Waals surface area contributed by atoms with E-state index in [2.05, 4.69) is 23.3 Å². The summed E-state index contributed by atoms with van der Waals surface area (Å²) >= 11 is 7.78. The Morgan fingerprint density at radius 2 is 1.96 bits per heavy atom. The second kappa shape index (κ2) is 8.13. The molecule has 0 aliphatic carbocycles. The molecule has 3 rings (SSSR count). The van der Waals surface area contributed by atoms with Crippen LogP contribution >= 0.6 is 23.4 Å². The Morgan fingerprint density at radius 1 is 1.29 bits per heavy atom. The fourth-order valence-corrected chi connectivity index (χ4v) is 4.28. The summed E-state index contributed by atoms with van der Waals surface area (Å²) in [6.07, 6.45) is 0.526. The molecule has 28 heavy (non-hydrogen) atoms. The van der Waals surface area contributed by atoms with Gasteiger partial charge in [0, 0.05) is 5.39 Å². The summed E-state index contributed by atoms with van der Waals surface area (Å²) in [7, 11) is 0. The van der Waals surface area contributed by atoms with Crippen molar-refractivity contribution >= 4 is 40.1 Å². The fraction of sp³-hybridized carbons (Fsp3) is 0.300. The number of nitrogens with one attached hydrogen (secondary N) is 1. The van der Waals surface area contributed by atoms with E-state index in [0.29, 0.717) is 10.3 Å². The third-order valence-electron chi connectivity index (χ3n) is 4.51. The molecule has 1 aromatic heterocycles. The maximum absolute atomic E-state index is 10.8. The van der Waals surface area contributed by atoms with Gasteiger partial charge in [0.05, 0.1) is 23.2 Å². The number of nitrogens with zero attached hydrogens (tertiary/aromatic N) is 2. The van der Waals surface area contributed by atoms with Gasteiger partial charge in [-0.2, -0.15) is 0 Å². The van der Waals surface area contributed by atoms with E-state index in [0.717, 1.165) is 16.5 Å². The Kier molecular flexibility index (Phi) is 6.00. The summed E-state index contributed by atoms with van der Waals surface area (Å²) in [4.78, 5) is 15.2. The Labute approximate surface area is 172 Å². The molecule has 0 spiro atoms. The molecule has 6 nitrogen and oxygen atoms in total. The second-order valence-corrected chi connectivity index (χ2v) is 9.04. The summed E-state index contributed by atoms with van der Waals surface area (Å²) in [6.45, 7) is 5.36. The number of rotatable bonds is 7. The standard InChI is InChI=1S/C20H22ClN3O3S/c1-12-8-9-15(14-7-5-4-6-13(12)14)24-16(21)10-23-19(24)28-20(2,3)18(27)22-11-17(25)26/h4-10,18,22,27H,11H2,1-3H3,(H,25,26). The van der Waals surface area contributed by atoms with Crippen LogP contribution in [0.15, 0.2) is 47.8 Å². The zero-order valence-corrected chi connectivity index (χ0v) is 17.4. The van der Waals surface area contributed by atoms with Crippen LogP contribution in [0.1, 0.15) is 19.4 Å². The molecule has 0 saturated heterocycles. The Morgan fingerprint density at radius 3 is 2.64 bits per heavy atom. The number of carboxylic acid groups (broad SMARTS) is 1. The van der Waals surface area contributed by atoms with Crippen molar-refractivity contribution in [2.75, 3.05) is 6.54 Å². The Hall–Kier alpha value is -2.06. The number of benzene rings is 2. The number of fused-ring (bicyclic) bond motifs is 1. The SMILES string of the molecule is Cc1ccc(-n2c(Cl)cnc2SC(C)(C)C(O)NCC(=O)O)c2ccccc12. The van der Waals surface area contributed by atoms with E-state index in [-0.39, 0.29) is 6.54 Å². The van der Waals surface area contributed by atoms with Gasteiger partial charge >= 0.3 is 5.97 Å². The van der Waals surface area contributed by atoms with E-state index >= 15 is 0 Å². The maximum Gasteiger partial charge on any atom is 0.317 e. The molecule has 0 radical (unpaired) electrons. The monoisotopic (exact) mass is 419 g/mol. The number of imidazole rings is 1. The van der Waals surface area contributed by atoms with Gasteiger partial charge in [-0.05, 0) is 37.8 Å². The lowest BCUT2D eigenvalue weighted by Gasteiger charge is -2.30. The number of aliphatic carboxylic acids is 1. The minimum Gasteiger partial charge on any atom is -0.480 e. The van der Waals surface area contributed by atoms with Gasteiger partial charge in [-0.3, -0.25) is 14.7 Å². The molecule has 0 fully saturated rings. The zero-order chi connectivity index (χ0) is 20.5. The molecular weight excluding hydrogens is 398 g/mol. The van der Waals surface area contributed by atoms with E-state index in [9.17, 15) is 9.90 Å². The Balaban J connectivity index is 2.00. The molecule has 0 aliphatic rings. The quantitative estimate of drug-likeness (QED) is 0.398. The first kappa shape index (κ1) is 20.7. The van der Waals surface area contributed by atoms with Crippen molar-refractivity contribution in [2.45, 2.75) is 36.9 Å². The number of hydrogen-bond acceptors (Lipinski definition) is 5. The predicted octanol–water partition coefficient (Wildman–Crippen LogP) is 3.85. The van der Waals surface area contributed by atoms with E-state index in [1.54, 1.807) is 6.20 Å². The van der Waals surface area contributed by atoms with E-state index < -0.39 is 16.9 Å². The number of carbonyl (C=O) groups is 1. The molecule has 1 atom stereocenters. The van der Waals surface area contributed by atoms with Crippen molar-refractivity contribution in [3.63, 3.8) is 0 Å². The van der Waals surface area contributed by atoms with Gasteiger partial charge in [0.15, 0.2) is 5.16 Å². The van der Waals surface area contributed by atoms with Crippen LogP contribution in [0.3, 0.4) is 0 Å². The molecule has 3 N–H and O–H groups in total. The number of aliphatic hydroxyl groups excluding tert-OH is 1. The molecular formula is C20H22ClN3O3S. The Bertz CT molecular complexity index is 1020. The fourth-order valence-electron chi connectivity index (χ4n) is 2.96. The van der Waals surface area contributed by atoms with Gasteiger partial charge in [0.1, 0.15) is 11.4 Å². The molecule has 3 aromatic rings. The third-order valence-corrected chi connectivity index (χ3v) is 5.99. The number of aryl methyl sites for hydroxylation is 1. The number of carboxylic acids is 1. The smallest absolute Gasteiger partial charge is 0.317 e. The van der Waals surface area contributed by atoms with E-state index in [1.165, 1.54) is 17.3 Å². The summed E-state index contributed by atoms with van der Waals surface area (Å²) in [5.41, 5.74) is 2.06. The summed E-state index contributed by atoms with van der Waals surface area (Å²) in [5.74, 6) is -1.03. The van der Waals surface area contributed by atoms with Gasteiger partial charge in [-0.15, -0.1) is 0 Å². The minimum atomic E-state index is -1.05. The lowest BCUT2D eigenvalue weighted by atomic mass is 10.0. The largest absolute Gasteiger partial charge is 0.480 e. The van der Waals surface area contributed by atoms with Crippen LogP contribution in [0.25, 0.3) is 16.5 Å². The summed E-state index contributed by atoms with van der Waals surface area (Å²) in [5, 5.41) is 25.1. The normalized spacial score (nSPS) is 13.0. The van der Waals surface area contributed by atoms with Crippen LogP contribution in [0.4, 0.5) is 0 Å². The number of thioether (sulfide) groups is 1. The number of aromatic nitrogens is 2. The predicted molar refractivity (Wildman–Crippen MR) is 112 cm³/mol. The van der Waals surface area contributed by atoms with Crippen molar-refractivity contribution < 1.29 is 15.0 Å². The highest BCUT2D eigenvalue weighted by Crippen LogP contribution is 2.38. The average molecular weight is 420 g/mol. The van der Waals surface area contributed by atoms with Crippen LogP contribution in [0.2, 0.25) is 5.15 Å². The van der Waals surface area contributed by atoms with Crippen molar-refractivity contribution in [1.82, 2.24) is 14.9 Å². The van der Waals surface area contributed by atoms with Crippen LogP contribution in [-0.4, -0.2) is 43.3 Å². The molecule has 0 aliphatic heterocycles. The molecule has 0 bridgehead atoms. The third kappa shape index (κ3) is 4.17. The van der Waals surface area contributed by atoms with Gasteiger partial charge in [0.2, 0.25) is 0 Å². The average Bonchev–Trinajstić information content (AvgIpc) is 3.00. The summed E-state index contributed by atoms with van der Waals surface area (Å²) in [6, 6.07) is 12.1. The maximum atomic E-state index is 10.8. The molecule has 1 heterocycles.